The summed E-state index contributed by atoms with van der Waals surface area (Å²) in [4.78, 5) is 2.27. The maximum absolute atomic E-state index is 4.50. The first-order valence-electron chi connectivity index (χ1n) is 9.60. The zero-order valence-corrected chi connectivity index (χ0v) is 18.7. The molecular weight excluding hydrogens is 413 g/mol. The Balaban J connectivity index is 2.19. The van der Waals surface area contributed by atoms with Crippen LogP contribution < -0.4 is 15.9 Å². The molecule has 3 aromatic rings. The molecule has 0 saturated carbocycles. The Morgan fingerprint density at radius 3 is 1.33 bits per heavy atom. The predicted molar refractivity (Wildman–Crippen MR) is 127 cm³/mol. The quantitative estimate of drug-likeness (QED) is 0.344. The molecule has 3 aromatic carbocycles. The average Bonchev–Trinajstić information content (AvgIpc) is 2.73. The molecule has 3 heteroatoms. The first-order valence-corrected chi connectivity index (χ1v) is 14.0. The van der Waals surface area contributed by atoms with Gasteiger partial charge in [0.2, 0.25) is 0 Å². The van der Waals surface area contributed by atoms with Crippen LogP contribution in [0.3, 0.4) is 0 Å². The van der Waals surface area contributed by atoms with Gasteiger partial charge in [-0.2, -0.15) is 0 Å². The summed E-state index contributed by atoms with van der Waals surface area (Å²) in [6.45, 7) is 1.12. The monoisotopic (exact) mass is 441 g/mol. The Morgan fingerprint density at radius 2 is 1.00 bits per heavy atom. The van der Waals surface area contributed by atoms with E-state index in [1.54, 1.807) is 0 Å². The van der Waals surface area contributed by atoms with Gasteiger partial charge in [-0.1, -0.05) is 0 Å². The van der Waals surface area contributed by atoms with Crippen molar-refractivity contribution in [2.24, 2.45) is 0 Å². The van der Waals surface area contributed by atoms with Crippen molar-refractivity contribution in [3.8, 4) is 0 Å². The van der Waals surface area contributed by atoms with Crippen molar-refractivity contribution >= 4 is 36.7 Å². The van der Waals surface area contributed by atoms with Crippen molar-refractivity contribution in [3.05, 3.63) is 91.0 Å². The molecule has 0 unspecified atom stereocenters. The summed E-state index contributed by atoms with van der Waals surface area (Å²) in [5.41, 5.74) is 0. The van der Waals surface area contributed by atoms with Crippen LogP contribution in [-0.4, -0.2) is 31.7 Å². The molecule has 0 aromatic heterocycles. The fraction of sp³-hybridized carbons (Fsp3) is 0.250. The van der Waals surface area contributed by atoms with Gasteiger partial charge in [0.1, 0.15) is 0 Å². The van der Waals surface area contributed by atoms with E-state index < -0.39 is 5.31 Å². The van der Waals surface area contributed by atoms with Crippen molar-refractivity contribution in [3.63, 3.8) is 0 Å². The second-order valence-electron chi connectivity index (χ2n) is 7.42. The molecule has 0 N–H and O–H groups in total. The summed E-state index contributed by atoms with van der Waals surface area (Å²) in [6.07, 6.45) is 3.50. The van der Waals surface area contributed by atoms with Crippen LogP contribution >= 0.6 is 20.8 Å². The fourth-order valence-electron chi connectivity index (χ4n) is 3.89. The zero-order chi connectivity index (χ0) is 19.2. The van der Waals surface area contributed by atoms with E-state index in [2.05, 4.69) is 125 Å². The van der Waals surface area contributed by atoms with Crippen LogP contribution in [0.5, 0.6) is 0 Å². The Hall–Kier alpha value is -1.47. The van der Waals surface area contributed by atoms with Crippen LogP contribution in [0.1, 0.15) is 12.8 Å². The van der Waals surface area contributed by atoms with Crippen molar-refractivity contribution in [1.82, 2.24) is 4.90 Å². The van der Waals surface area contributed by atoms with Gasteiger partial charge < -0.3 is 0 Å². The number of halogens is 1. The minimum absolute atomic E-state index is 1.12. The second kappa shape index (κ2) is 8.69. The van der Waals surface area contributed by atoms with Gasteiger partial charge in [-0.15, -0.1) is 0 Å². The number of unbranched alkanes of at least 4 members (excludes halogenated alkanes) is 1. The van der Waals surface area contributed by atoms with Crippen molar-refractivity contribution in [2.45, 2.75) is 12.8 Å². The van der Waals surface area contributed by atoms with Gasteiger partial charge in [0.15, 0.2) is 0 Å². The topological polar surface area (TPSA) is 3.24 Å². The van der Waals surface area contributed by atoms with Gasteiger partial charge in [-0.25, -0.2) is 0 Å². The molecule has 0 bridgehead atoms. The summed E-state index contributed by atoms with van der Waals surface area (Å²) in [5, 5.41) is 1.51. The zero-order valence-electron chi connectivity index (χ0n) is 16.3. The van der Waals surface area contributed by atoms with Crippen molar-refractivity contribution < 1.29 is 0 Å². The van der Waals surface area contributed by atoms with E-state index in [4.69, 9.17) is 0 Å². The summed E-state index contributed by atoms with van der Waals surface area (Å²) < 4.78 is 0. The van der Waals surface area contributed by atoms with E-state index in [0.29, 0.717) is 0 Å². The Kier molecular flexibility index (Phi) is 6.52. The normalized spacial score (nSPS) is 13.3. The molecule has 0 amide bonds. The van der Waals surface area contributed by atoms with Crippen LogP contribution in [-0.2, 0) is 0 Å². The Labute approximate surface area is 172 Å². The molecular formula is C24H29BrNP. The molecule has 0 aliphatic carbocycles. The van der Waals surface area contributed by atoms with E-state index in [9.17, 15) is 0 Å². The number of rotatable bonds is 8. The van der Waals surface area contributed by atoms with Gasteiger partial charge >= 0.3 is 172 Å². The molecule has 27 heavy (non-hydrogen) atoms. The van der Waals surface area contributed by atoms with E-state index in [1.165, 1.54) is 28.8 Å². The molecule has 0 atom stereocenters. The van der Waals surface area contributed by atoms with Crippen LogP contribution in [0.2, 0.25) is 0 Å². The third-order valence-electron chi connectivity index (χ3n) is 5.32. The van der Waals surface area contributed by atoms with E-state index in [-0.39, 0.29) is 0 Å². The molecule has 0 saturated heterocycles. The first-order chi connectivity index (χ1) is 13.1. The van der Waals surface area contributed by atoms with E-state index in [0.717, 1.165) is 12.7 Å². The molecule has 0 spiro atoms. The summed E-state index contributed by atoms with van der Waals surface area (Å²) >= 11 is 4.50. The molecule has 0 aliphatic heterocycles. The molecule has 3 rings (SSSR count). The number of benzene rings is 3. The van der Waals surface area contributed by atoms with Gasteiger partial charge in [0.25, 0.3) is 0 Å². The fourth-order valence-corrected chi connectivity index (χ4v) is 11.6. The molecule has 0 radical (unpaired) electrons. The van der Waals surface area contributed by atoms with Crippen molar-refractivity contribution in [2.75, 3.05) is 26.8 Å². The third kappa shape index (κ3) is 4.04. The second-order valence-corrected chi connectivity index (χ2v) is 16.5. The number of hydrogen-bond acceptors (Lipinski definition) is 1. The minimum atomic E-state index is -2.71. The molecule has 0 fully saturated rings. The third-order valence-corrected chi connectivity index (χ3v) is 15.3. The molecule has 0 aliphatic rings. The SMILES string of the molecule is CN(C)CCCCP(Br)(c1ccccc1)(c1ccccc1)c1ccccc1. The van der Waals surface area contributed by atoms with Gasteiger partial charge in [0.05, 0.1) is 0 Å². The summed E-state index contributed by atoms with van der Waals surface area (Å²) in [7, 11) is 4.30. The summed E-state index contributed by atoms with van der Waals surface area (Å²) in [5.74, 6) is 0. The van der Waals surface area contributed by atoms with E-state index in [1.807, 2.05) is 0 Å². The first kappa shape index (κ1) is 20.3. The Morgan fingerprint density at radius 1 is 0.630 bits per heavy atom. The van der Waals surface area contributed by atoms with Gasteiger partial charge in [-0.05, 0) is 0 Å². The van der Waals surface area contributed by atoms with Crippen LogP contribution in [0, 0.1) is 0 Å². The van der Waals surface area contributed by atoms with Gasteiger partial charge in [0, 0.05) is 0 Å². The van der Waals surface area contributed by atoms with Crippen LogP contribution in [0.25, 0.3) is 0 Å². The predicted octanol–water partition coefficient (Wildman–Crippen LogP) is 5.17. The Bertz CT molecular complexity index is 735. The van der Waals surface area contributed by atoms with Crippen LogP contribution in [0.15, 0.2) is 91.0 Å². The van der Waals surface area contributed by atoms with Gasteiger partial charge in [-0.3, -0.25) is 0 Å². The maximum atomic E-state index is 4.50. The summed E-state index contributed by atoms with van der Waals surface area (Å²) in [6, 6.07) is 33.2. The average molecular weight is 442 g/mol. The van der Waals surface area contributed by atoms with Crippen LogP contribution in [0.4, 0.5) is 0 Å². The molecule has 0 heterocycles. The van der Waals surface area contributed by atoms with E-state index >= 15 is 0 Å². The molecule has 1 nitrogen and oxygen atoms in total. The number of nitrogens with zero attached hydrogens (tertiary/aromatic N) is 1. The van der Waals surface area contributed by atoms with Crippen molar-refractivity contribution in [1.29, 1.82) is 0 Å². The standard InChI is InChI=1S/C24H29BrNP/c1-26(2)20-12-13-21-27(25,22-14-6-3-7-15-22,23-16-8-4-9-17-23)24-18-10-5-11-19-24/h3-11,14-19H,12-13,20-21H2,1-2H3. The molecule has 142 valence electrons. The number of hydrogen-bond donors (Lipinski definition) is 0.